The zero-order valence-corrected chi connectivity index (χ0v) is 18.7. The van der Waals surface area contributed by atoms with Crippen LogP contribution in [0, 0.1) is 6.92 Å². The van der Waals surface area contributed by atoms with Crippen LogP contribution in [-0.2, 0) is 4.79 Å². The van der Waals surface area contributed by atoms with Crippen molar-refractivity contribution in [1.82, 2.24) is 10.2 Å². The smallest absolute Gasteiger partial charge is 0.337 e. The van der Waals surface area contributed by atoms with Gasteiger partial charge in [0.1, 0.15) is 0 Å². The monoisotopic (exact) mass is 438 g/mol. The molecule has 2 aromatic carbocycles. The summed E-state index contributed by atoms with van der Waals surface area (Å²) >= 11 is 0. The molecule has 8 nitrogen and oxygen atoms in total. The molecule has 0 bridgehead atoms. The number of rotatable bonds is 7. The van der Waals surface area contributed by atoms with Crippen LogP contribution in [0.4, 0.5) is 11.4 Å². The van der Waals surface area contributed by atoms with Crippen LogP contribution in [0.3, 0.4) is 0 Å². The molecule has 32 heavy (non-hydrogen) atoms. The molecule has 8 heteroatoms. The fourth-order valence-electron chi connectivity index (χ4n) is 3.77. The highest BCUT2D eigenvalue weighted by atomic mass is 16.4. The SMILES string of the molecule is Cc1ccccc1C(=O)Nc1ccc(N2CCN(CC(=O)NC(C)C)CC2)cc1C(=O)O. The maximum Gasteiger partial charge on any atom is 0.337 e. The van der Waals surface area contributed by atoms with E-state index < -0.39 is 5.97 Å². The summed E-state index contributed by atoms with van der Waals surface area (Å²) in [6.45, 7) is 8.84. The van der Waals surface area contributed by atoms with E-state index in [1.165, 1.54) is 0 Å². The number of piperazine rings is 1. The van der Waals surface area contributed by atoms with Crippen LogP contribution < -0.4 is 15.5 Å². The fraction of sp³-hybridized carbons (Fsp3) is 0.375. The van der Waals surface area contributed by atoms with Crippen molar-refractivity contribution in [3.63, 3.8) is 0 Å². The molecule has 0 saturated carbocycles. The summed E-state index contributed by atoms with van der Waals surface area (Å²) in [6.07, 6.45) is 0. The van der Waals surface area contributed by atoms with Crippen molar-refractivity contribution in [1.29, 1.82) is 0 Å². The number of aryl methyl sites for hydroxylation is 1. The number of nitrogens with zero attached hydrogens (tertiary/aromatic N) is 2. The lowest BCUT2D eigenvalue weighted by Crippen LogP contribution is -2.50. The summed E-state index contributed by atoms with van der Waals surface area (Å²) < 4.78 is 0. The van der Waals surface area contributed by atoms with E-state index in [2.05, 4.69) is 20.4 Å². The van der Waals surface area contributed by atoms with Gasteiger partial charge < -0.3 is 20.6 Å². The third kappa shape index (κ3) is 5.85. The molecule has 1 aliphatic rings. The molecular weight excluding hydrogens is 408 g/mol. The number of aromatic carboxylic acids is 1. The Morgan fingerprint density at radius 1 is 1.00 bits per heavy atom. The van der Waals surface area contributed by atoms with Gasteiger partial charge in [0.05, 0.1) is 17.8 Å². The van der Waals surface area contributed by atoms with Crippen molar-refractivity contribution in [2.75, 3.05) is 42.9 Å². The van der Waals surface area contributed by atoms with Crippen molar-refractivity contribution >= 4 is 29.2 Å². The standard InChI is InChI=1S/C24H30N4O4/c1-16(2)25-22(29)15-27-10-12-28(13-11-27)18-8-9-21(20(14-18)24(31)32)26-23(30)19-7-5-4-6-17(19)3/h4-9,14,16H,10-13,15H2,1-3H3,(H,25,29)(H,26,30)(H,31,32). The number of amides is 2. The summed E-state index contributed by atoms with van der Waals surface area (Å²) in [5, 5.41) is 15.3. The van der Waals surface area contributed by atoms with E-state index in [-0.39, 0.29) is 29.1 Å². The van der Waals surface area contributed by atoms with Gasteiger partial charge in [0.25, 0.3) is 5.91 Å². The first kappa shape index (κ1) is 23.3. The lowest BCUT2D eigenvalue weighted by Gasteiger charge is -2.36. The molecule has 0 aliphatic carbocycles. The van der Waals surface area contributed by atoms with E-state index in [9.17, 15) is 19.5 Å². The topological polar surface area (TPSA) is 102 Å². The summed E-state index contributed by atoms with van der Waals surface area (Å²) in [5.41, 5.74) is 2.41. The summed E-state index contributed by atoms with van der Waals surface area (Å²) in [4.78, 5) is 40.7. The van der Waals surface area contributed by atoms with E-state index in [1.54, 1.807) is 24.3 Å². The molecule has 0 radical (unpaired) electrons. The highest BCUT2D eigenvalue weighted by Gasteiger charge is 2.22. The van der Waals surface area contributed by atoms with Crippen LogP contribution in [0.2, 0.25) is 0 Å². The first-order valence-corrected chi connectivity index (χ1v) is 10.8. The molecule has 170 valence electrons. The van der Waals surface area contributed by atoms with Crippen LogP contribution >= 0.6 is 0 Å². The van der Waals surface area contributed by atoms with Gasteiger partial charge in [-0.1, -0.05) is 18.2 Å². The average Bonchev–Trinajstić information content (AvgIpc) is 2.74. The van der Waals surface area contributed by atoms with E-state index in [0.717, 1.165) is 11.3 Å². The Morgan fingerprint density at radius 2 is 1.69 bits per heavy atom. The second-order valence-electron chi connectivity index (χ2n) is 8.29. The molecule has 1 fully saturated rings. The van der Waals surface area contributed by atoms with Crippen LogP contribution in [0.5, 0.6) is 0 Å². The van der Waals surface area contributed by atoms with Gasteiger partial charge in [0.2, 0.25) is 5.91 Å². The van der Waals surface area contributed by atoms with Gasteiger partial charge in [-0.15, -0.1) is 0 Å². The Kier molecular flexibility index (Phi) is 7.48. The third-order valence-electron chi connectivity index (χ3n) is 5.43. The van der Waals surface area contributed by atoms with Crippen LogP contribution in [0.25, 0.3) is 0 Å². The number of benzene rings is 2. The molecule has 3 N–H and O–H groups in total. The number of carboxylic acid groups (broad SMARTS) is 1. The van der Waals surface area contributed by atoms with Gasteiger partial charge >= 0.3 is 5.97 Å². The summed E-state index contributed by atoms with van der Waals surface area (Å²) in [7, 11) is 0. The Labute approximate surface area is 188 Å². The zero-order valence-electron chi connectivity index (χ0n) is 18.7. The normalized spacial score (nSPS) is 14.3. The van der Waals surface area contributed by atoms with Crippen LogP contribution in [0.1, 0.15) is 40.1 Å². The van der Waals surface area contributed by atoms with E-state index in [0.29, 0.717) is 38.3 Å². The predicted molar refractivity (Wildman–Crippen MR) is 124 cm³/mol. The van der Waals surface area contributed by atoms with Gasteiger partial charge in [-0.25, -0.2) is 4.79 Å². The first-order chi connectivity index (χ1) is 15.2. The number of hydrogen-bond acceptors (Lipinski definition) is 5. The van der Waals surface area contributed by atoms with Crippen molar-refractivity contribution in [2.24, 2.45) is 0 Å². The number of anilines is 2. The number of carbonyl (C=O) groups excluding carboxylic acids is 2. The van der Waals surface area contributed by atoms with Crippen molar-refractivity contribution < 1.29 is 19.5 Å². The van der Waals surface area contributed by atoms with Crippen molar-refractivity contribution in [3.8, 4) is 0 Å². The van der Waals surface area contributed by atoms with E-state index in [4.69, 9.17) is 0 Å². The third-order valence-corrected chi connectivity index (χ3v) is 5.43. The molecule has 3 rings (SSSR count). The lowest BCUT2D eigenvalue weighted by molar-refractivity contribution is -0.122. The van der Waals surface area contributed by atoms with Gasteiger partial charge in [-0.3, -0.25) is 14.5 Å². The Balaban J connectivity index is 1.68. The second kappa shape index (κ2) is 10.3. The van der Waals surface area contributed by atoms with Gasteiger partial charge in [0, 0.05) is 43.5 Å². The maximum atomic E-state index is 12.6. The fourth-order valence-corrected chi connectivity index (χ4v) is 3.77. The minimum atomic E-state index is -1.10. The van der Waals surface area contributed by atoms with Crippen molar-refractivity contribution in [3.05, 3.63) is 59.2 Å². The minimum Gasteiger partial charge on any atom is -0.478 e. The van der Waals surface area contributed by atoms with Crippen molar-refractivity contribution in [2.45, 2.75) is 26.8 Å². The Hall–Kier alpha value is -3.39. The Morgan fingerprint density at radius 3 is 2.31 bits per heavy atom. The molecule has 1 saturated heterocycles. The first-order valence-electron chi connectivity index (χ1n) is 10.8. The largest absolute Gasteiger partial charge is 0.478 e. The average molecular weight is 439 g/mol. The Bertz CT molecular complexity index is 997. The molecular formula is C24H30N4O4. The molecule has 1 aliphatic heterocycles. The quantitative estimate of drug-likeness (QED) is 0.614. The van der Waals surface area contributed by atoms with Gasteiger partial charge in [0.15, 0.2) is 0 Å². The van der Waals surface area contributed by atoms with E-state index >= 15 is 0 Å². The lowest BCUT2D eigenvalue weighted by atomic mass is 10.1. The highest BCUT2D eigenvalue weighted by molar-refractivity contribution is 6.08. The number of nitrogens with one attached hydrogen (secondary N) is 2. The molecule has 0 atom stereocenters. The van der Waals surface area contributed by atoms with Gasteiger partial charge in [-0.05, 0) is 50.6 Å². The second-order valence-corrected chi connectivity index (χ2v) is 8.29. The molecule has 0 aromatic heterocycles. The van der Waals surface area contributed by atoms with Crippen LogP contribution in [-0.4, -0.2) is 66.6 Å². The minimum absolute atomic E-state index is 0.00959. The number of carbonyl (C=O) groups is 3. The highest BCUT2D eigenvalue weighted by Crippen LogP contribution is 2.25. The van der Waals surface area contributed by atoms with Crippen LogP contribution in [0.15, 0.2) is 42.5 Å². The molecule has 2 amide bonds. The molecule has 0 spiro atoms. The molecule has 0 unspecified atom stereocenters. The number of hydrogen-bond donors (Lipinski definition) is 3. The maximum absolute atomic E-state index is 12.6. The predicted octanol–water partition coefficient (Wildman–Crippen LogP) is 2.59. The van der Waals surface area contributed by atoms with E-state index in [1.807, 2.05) is 39.0 Å². The zero-order chi connectivity index (χ0) is 23.3. The summed E-state index contributed by atoms with van der Waals surface area (Å²) in [5.74, 6) is -1.43. The summed E-state index contributed by atoms with van der Waals surface area (Å²) in [6, 6.07) is 12.3. The number of carboxylic acids is 1. The molecule has 1 heterocycles. The molecule has 2 aromatic rings. The van der Waals surface area contributed by atoms with Gasteiger partial charge in [-0.2, -0.15) is 0 Å².